The fourth-order valence-electron chi connectivity index (χ4n) is 3.45. The van der Waals surface area contributed by atoms with Crippen LogP contribution in [-0.2, 0) is 21.4 Å². The highest BCUT2D eigenvalue weighted by Crippen LogP contribution is 2.26. The van der Waals surface area contributed by atoms with Crippen molar-refractivity contribution in [2.45, 2.75) is 25.7 Å². The first-order valence-corrected chi connectivity index (χ1v) is 9.25. The summed E-state index contributed by atoms with van der Waals surface area (Å²) in [5.41, 5.74) is 0.778. The molecule has 1 aliphatic rings. The number of piperazine rings is 1. The van der Waals surface area contributed by atoms with Gasteiger partial charge in [0.15, 0.2) is 0 Å². The molecule has 5 heteroatoms. The van der Waals surface area contributed by atoms with E-state index in [-0.39, 0.29) is 24.1 Å². The van der Waals surface area contributed by atoms with Crippen molar-refractivity contribution in [2.75, 3.05) is 26.2 Å². The first-order chi connectivity index (χ1) is 12.9. The van der Waals surface area contributed by atoms with Crippen molar-refractivity contribution in [3.05, 3.63) is 71.5 Å². The molecular formula is C22H25FN2O2. The minimum atomic E-state index is -0.611. The minimum Gasteiger partial charge on any atom is -0.339 e. The van der Waals surface area contributed by atoms with Crippen LogP contribution in [0, 0.1) is 5.82 Å². The highest BCUT2D eigenvalue weighted by atomic mass is 19.1. The number of hydrogen-bond donors (Lipinski definition) is 0. The van der Waals surface area contributed by atoms with Crippen LogP contribution >= 0.6 is 0 Å². The Hall–Kier alpha value is -2.69. The zero-order valence-electron chi connectivity index (χ0n) is 15.8. The predicted molar refractivity (Wildman–Crippen MR) is 103 cm³/mol. The number of rotatable bonds is 4. The van der Waals surface area contributed by atoms with Crippen molar-refractivity contribution in [2.24, 2.45) is 0 Å². The zero-order chi connectivity index (χ0) is 19.4. The third-order valence-corrected chi connectivity index (χ3v) is 5.25. The van der Waals surface area contributed by atoms with Crippen molar-refractivity contribution in [3.63, 3.8) is 0 Å². The van der Waals surface area contributed by atoms with E-state index in [2.05, 4.69) is 0 Å². The molecule has 3 rings (SSSR count). The first-order valence-electron chi connectivity index (χ1n) is 9.25. The van der Waals surface area contributed by atoms with E-state index in [1.54, 1.807) is 23.1 Å². The van der Waals surface area contributed by atoms with Gasteiger partial charge >= 0.3 is 0 Å². The van der Waals surface area contributed by atoms with Gasteiger partial charge in [-0.3, -0.25) is 9.59 Å². The van der Waals surface area contributed by atoms with Crippen LogP contribution in [0.2, 0.25) is 0 Å². The molecule has 0 aromatic heterocycles. The molecule has 1 aliphatic heterocycles. The molecule has 2 aromatic rings. The Morgan fingerprint density at radius 2 is 1.44 bits per heavy atom. The Morgan fingerprint density at radius 1 is 0.889 bits per heavy atom. The second kappa shape index (κ2) is 7.91. The van der Waals surface area contributed by atoms with Gasteiger partial charge in [0, 0.05) is 26.2 Å². The Labute approximate surface area is 159 Å². The van der Waals surface area contributed by atoms with Crippen molar-refractivity contribution in [1.82, 2.24) is 9.80 Å². The van der Waals surface area contributed by atoms with Crippen LogP contribution in [0.15, 0.2) is 54.6 Å². The highest BCUT2D eigenvalue weighted by Gasteiger charge is 2.35. The highest BCUT2D eigenvalue weighted by molar-refractivity contribution is 5.87. The van der Waals surface area contributed by atoms with Crippen LogP contribution in [0.1, 0.15) is 25.0 Å². The molecule has 0 spiro atoms. The van der Waals surface area contributed by atoms with Gasteiger partial charge in [-0.1, -0.05) is 48.5 Å². The van der Waals surface area contributed by atoms with Gasteiger partial charge < -0.3 is 9.80 Å². The quantitative estimate of drug-likeness (QED) is 0.832. The van der Waals surface area contributed by atoms with E-state index < -0.39 is 5.41 Å². The lowest BCUT2D eigenvalue weighted by molar-refractivity contribution is -0.142. The fraction of sp³-hybridized carbons (Fsp3) is 0.364. The molecule has 1 heterocycles. The molecule has 4 nitrogen and oxygen atoms in total. The van der Waals surface area contributed by atoms with E-state index in [0.717, 1.165) is 5.56 Å². The lowest BCUT2D eigenvalue weighted by atomic mass is 9.83. The van der Waals surface area contributed by atoms with E-state index in [1.807, 2.05) is 49.1 Å². The second-order valence-corrected chi connectivity index (χ2v) is 7.43. The van der Waals surface area contributed by atoms with Crippen LogP contribution in [0.4, 0.5) is 4.39 Å². The summed E-state index contributed by atoms with van der Waals surface area (Å²) in [4.78, 5) is 29.0. The fourth-order valence-corrected chi connectivity index (χ4v) is 3.45. The third-order valence-electron chi connectivity index (χ3n) is 5.25. The minimum absolute atomic E-state index is 0.0517. The van der Waals surface area contributed by atoms with Gasteiger partial charge in [0.25, 0.3) is 0 Å². The first kappa shape index (κ1) is 19.1. The molecule has 2 aromatic carbocycles. The van der Waals surface area contributed by atoms with Crippen LogP contribution in [0.25, 0.3) is 0 Å². The van der Waals surface area contributed by atoms with Gasteiger partial charge in [-0.05, 0) is 31.0 Å². The summed E-state index contributed by atoms with van der Waals surface area (Å²) in [6.07, 6.45) is 0.0517. The number of nitrogens with zero attached hydrogens (tertiary/aromatic N) is 2. The second-order valence-electron chi connectivity index (χ2n) is 7.43. The molecule has 27 heavy (non-hydrogen) atoms. The summed E-state index contributed by atoms with van der Waals surface area (Å²) in [5, 5.41) is 0. The van der Waals surface area contributed by atoms with Gasteiger partial charge in [0.05, 0.1) is 11.8 Å². The molecule has 0 atom stereocenters. The molecular weight excluding hydrogens is 343 g/mol. The lowest BCUT2D eigenvalue weighted by Gasteiger charge is -2.39. The Bertz CT molecular complexity index is 812. The molecule has 0 radical (unpaired) electrons. The van der Waals surface area contributed by atoms with Gasteiger partial charge in [-0.2, -0.15) is 0 Å². The summed E-state index contributed by atoms with van der Waals surface area (Å²) in [6.45, 7) is 5.81. The molecule has 1 saturated heterocycles. The maximum atomic E-state index is 13.8. The summed E-state index contributed by atoms with van der Waals surface area (Å²) in [7, 11) is 0. The molecule has 1 fully saturated rings. The van der Waals surface area contributed by atoms with E-state index in [4.69, 9.17) is 0 Å². The average molecular weight is 368 g/mol. The molecule has 0 aliphatic carbocycles. The molecule has 0 bridgehead atoms. The van der Waals surface area contributed by atoms with Crippen LogP contribution in [0.5, 0.6) is 0 Å². The van der Waals surface area contributed by atoms with Crippen molar-refractivity contribution < 1.29 is 14.0 Å². The monoisotopic (exact) mass is 368 g/mol. The third kappa shape index (κ3) is 4.18. The number of hydrogen-bond acceptors (Lipinski definition) is 2. The van der Waals surface area contributed by atoms with Gasteiger partial charge in [0.2, 0.25) is 11.8 Å². The number of carbonyl (C=O) groups excluding carboxylic acids is 2. The average Bonchev–Trinajstić information content (AvgIpc) is 2.70. The van der Waals surface area contributed by atoms with Gasteiger partial charge in [-0.15, -0.1) is 0 Å². The Balaban J connectivity index is 1.59. The Kier molecular flexibility index (Phi) is 5.59. The van der Waals surface area contributed by atoms with Crippen molar-refractivity contribution in [1.29, 1.82) is 0 Å². The largest absolute Gasteiger partial charge is 0.339 e. The predicted octanol–water partition coefficient (Wildman–Crippen LogP) is 3.02. The maximum absolute atomic E-state index is 13.8. The number of amides is 2. The summed E-state index contributed by atoms with van der Waals surface area (Å²) in [5.74, 6) is -0.395. The maximum Gasteiger partial charge on any atom is 0.232 e. The Morgan fingerprint density at radius 3 is 2.07 bits per heavy atom. The molecule has 142 valence electrons. The van der Waals surface area contributed by atoms with Crippen molar-refractivity contribution in [3.8, 4) is 0 Å². The number of halogens is 1. The van der Waals surface area contributed by atoms with Gasteiger partial charge in [0.1, 0.15) is 5.82 Å². The lowest BCUT2D eigenvalue weighted by Crippen LogP contribution is -2.54. The van der Waals surface area contributed by atoms with E-state index in [1.165, 1.54) is 6.07 Å². The summed E-state index contributed by atoms with van der Waals surface area (Å²) < 4.78 is 13.8. The number of benzene rings is 2. The molecule has 2 amide bonds. The van der Waals surface area contributed by atoms with E-state index in [0.29, 0.717) is 31.7 Å². The molecule has 0 saturated carbocycles. The molecule has 0 unspecified atom stereocenters. The van der Waals surface area contributed by atoms with Crippen LogP contribution < -0.4 is 0 Å². The van der Waals surface area contributed by atoms with Crippen LogP contribution in [0.3, 0.4) is 0 Å². The summed E-state index contributed by atoms with van der Waals surface area (Å²) in [6, 6.07) is 16.1. The van der Waals surface area contributed by atoms with Gasteiger partial charge in [-0.25, -0.2) is 4.39 Å². The standard InChI is InChI=1S/C22H25FN2O2/c1-22(2,18-9-4-3-5-10-18)21(27)25-14-12-24(13-15-25)20(26)16-17-8-6-7-11-19(17)23/h3-11H,12-16H2,1-2H3. The SMILES string of the molecule is CC(C)(C(=O)N1CCN(C(=O)Cc2ccccc2F)CC1)c1ccccc1. The smallest absolute Gasteiger partial charge is 0.232 e. The van der Waals surface area contributed by atoms with E-state index in [9.17, 15) is 14.0 Å². The zero-order valence-corrected chi connectivity index (χ0v) is 15.8. The summed E-state index contributed by atoms with van der Waals surface area (Å²) >= 11 is 0. The normalized spacial score (nSPS) is 14.9. The topological polar surface area (TPSA) is 40.6 Å². The van der Waals surface area contributed by atoms with Crippen molar-refractivity contribution >= 4 is 11.8 Å². The van der Waals surface area contributed by atoms with Crippen LogP contribution in [-0.4, -0.2) is 47.8 Å². The number of carbonyl (C=O) groups is 2. The molecule has 0 N–H and O–H groups in total. The van der Waals surface area contributed by atoms with E-state index >= 15 is 0 Å².